The molecule has 0 saturated carbocycles. The first-order valence-electron chi connectivity index (χ1n) is 9.40. The third-order valence-corrected chi connectivity index (χ3v) is 6.67. The van der Waals surface area contributed by atoms with E-state index in [1.54, 1.807) is 6.92 Å². The molecule has 1 aromatic heterocycles. The van der Waals surface area contributed by atoms with Crippen LogP contribution in [0.25, 0.3) is 10.4 Å². The van der Waals surface area contributed by atoms with Crippen molar-refractivity contribution in [2.45, 2.75) is 31.9 Å². The van der Waals surface area contributed by atoms with Crippen molar-refractivity contribution in [2.24, 2.45) is 0 Å². The number of rotatable bonds is 3. The third-order valence-electron chi connectivity index (χ3n) is 5.55. The number of carbonyl (C=O) groups is 1. The molecule has 4 nitrogen and oxygen atoms in total. The summed E-state index contributed by atoms with van der Waals surface area (Å²) in [5.41, 5.74) is 1.22. The number of hydrogen-bond donors (Lipinski definition) is 0. The standard InChI is InChI=1S/C21H26N2O2S/c1-17(24)23-11-9-21(10-12-23)16-22(13-14-25-21)15-19-7-8-20(26-19)18-5-3-2-4-6-18/h2-8H,9-16H2,1H3. The summed E-state index contributed by atoms with van der Waals surface area (Å²) < 4.78 is 6.20. The molecule has 1 amide bonds. The van der Waals surface area contributed by atoms with Gasteiger partial charge in [0.1, 0.15) is 0 Å². The van der Waals surface area contributed by atoms with E-state index in [-0.39, 0.29) is 11.5 Å². The fraction of sp³-hybridized carbons (Fsp3) is 0.476. The molecule has 0 unspecified atom stereocenters. The van der Waals surface area contributed by atoms with Crippen LogP contribution in [0, 0.1) is 0 Å². The highest BCUT2D eigenvalue weighted by atomic mass is 32.1. The largest absolute Gasteiger partial charge is 0.372 e. The second kappa shape index (κ2) is 7.51. The molecule has 2 fully saturated rings. The van der Waals surface area contributed by atoms with Crippen molar-refractivity contribution in [2.75, 3.05) is 32.8 Å². The molecule has 0 atom stereocenters. The van der Waals surface area contributed by atoms with Gasteiger partial charge < -0.3 is 9.64 Å². The van der Waals surface area contributed by atoms with Gasteiger partial charge in [-0.15, -0.1) is 11.3 Å². The van der Waals surface area contributed by atoms with Gasteiger partial charge in [-0.05, 0) is 30.5 Å². The van der Waals surface area contributed by atoms with Gasteiger partial charge in [-0.3, -0.25) is 9.69 Å². The number of likely N-dealkylation sites (tertiary alicyclic amines) is 1. The lowest BCUT2D eigenvalue weighted by Gasteiger charge is -2.47. The maximum absolute atomic E-state index is 11.6. The van der Waals surface area contributed by atoms with Crippen molar-refractivity contribution in [1.29, 1.82) is 0 Å². The van der Waals surface area contributed by atoms with E-state index in [1.807, 2.05) is 16.2 Å². The van der Waals surface area contributed by atoms with Crippen LogP contribution < -0.4 is 0 Å². The highest BCUT2D eigenvalue weighted by Crippen LogP contribution is 2.33. The number of amides is 1. The van der Waals surface area contributed by atoms with Gasteiger partial charge in [-0.1, -0.05) is 30.3 Å². The Morgan fingerprint density at radius 3 is 2.62 bits per heavy atom. The van der Waals surface area contributed by atoms with Gasteiger partial charge in [0, 0.05) is 49.4 Å². The van der Waals surface area contributed by atoms with Crippen LogP contribution >= 0.6 is 11.3 Å². The monoisotopic (exact) mass is 370 g/mol. The van der Waals surface area contributed by atoms with Crippen molar-refractivity contribution >= 4 is 17.2 Å². The summed E-state index contributed by atoms with van der Waals surface area (Å²) in [5, 5.41) is 0. The number of thiophene rings is 1. The minimum Gasteiger partial charge on any atom is -0.372 e. The van der Waals surface area contributed by atoms with Crippen LogP contribution in [-0.4, -0.2) is 54.1 Å². The second-order valence-electron chi connectivity index (χ2n) is 7.38. The summed E-state index contributed by atoms with van der Waals surface area (Å²) in [7, 11) is 0. The minimum atomic E-state index is -0.0658. The van der Waals surface area contributed by atoms with E-state index in [4.69, 9.17) is 4.74 Å². The molecule has 0 aliphatic carbocycles. The molecule has 3 heterocycles. The Kier molecular flexibility index (Phi) is 5.11. The number of ether oxygens (including phenoxy) is 1. The van der Waals surface area contributed by atoms with Gasteiger partial charge in [-0.25, -0.2) is 0 Å². The topological polar surface area (TPSA) is 32.8 Å². The van der Waals surface area contributed by atoms with Crippen LogP contribution in [0.1, 0.15) is 24.6 Å². The van der Waals surface area contributed by atoms with Gasteiger partial charge in [0.2, 0.25) is 5.91 Å². The molecule has 0 bridgehead atoms. The Balaban J connectivity index is 1.39. The quantitative estimate of drug-likeness (QED) is 0.827. The summed E-state index contributed by atoms with van der Waals surface area (Å²) in [4.78, 5) is 18.8. The first-order valence-corrected chi connectivity index (χ1v) is 10.2. The highest BCUT2D eigenvalue weighted by Gasteiger charge is 2.40. The zero-order valence-electron chi connectivity index (χ0n) is 15.3. The van der Waals surface area contributed by atoms with Gasteiger partial charge in [0.25, 0.3) is 0 Å². The average Bonchev–Trinajstić information content (AvgIpc) is 3.11. The molecule has 1 spiro atoms. The number of benzene rings is 1. The van der Waals surface area contributed by atoms with E-state index in [9.17, 15) is 4.79 Å². The Labute approximate surface area is 159 Å². The molecular weight excluding hydrogens is 344 g/mol. The minimum absolute atomic E-state index is 0.0658. The molecule has 0 radical (unpaired) electrons. The third kappa shape index (κ3) is 3.85. The molecule has 2 saturated heterocycles. The SMILES string of the molecule is CC(=O)N1CCC2(CC1)CN(Cc1ccc(-c3ccccc3)s1)CCO2. The zero-order valence-corrected chi connectivity index (χ0v) is 16.1. The molecule has 26 heavy (non-hydrogen) atoms. The van der Waals surface area contributed by atoms with E-state index < -0.39 is 0 Å². The number of carbonyl (C=O) groups excluding carboxylic acids is 1. The maximum atomic E-state index is 11.6. The van der Waals surface area contributed by atoms with Gasteiger partial charge in [-0.2, -0.15) is 0 Å². The van der Waals surface area contributed by atoms with Crippen molar-refractivity contribution in [3.05, 3.63) is 47.3 Å². The van der Waals surface area contributed by atoms with E-state index in [0.29, 0.717) is 0 Å². The normalized spacial score (nSPS) is 20.4. The molecule has 0 N–H and O–H groups in total. The lowest BCUT2D eigenvalue weighted by atomic mass is 9.89. The van der Waals surface area contributed by atoms with Gasteiger partial charge >= 0.3 is 0 Å². The van der Waals surface area contributed by atoms with Gasteiger partial charge in [0.05, 0.1) is 12.2 Å². The van der Waals surface area contributed by atoms with E-state index in [1.165, 1.54) is 15.3 Å². The highest BCUT2D eigenvalue weighted by molar-refractivity contribution is 7.15. The maximum Gasteiger partial charge on any atom is 0.219 e. The van der Waals surface area contributed by atoms with E-state index in [2.05, 4.69) is 47.4 Å². The van der Waals surface area contributed by atoms with Crippen LogP contribution in [0.5, 0.6) is 0 Å². The molecular formula is C21H26N2O2S. The van der Waals surface area contributed by atoms with Crippen molar-refractivity contribution in [1.82, 2.24) is 9.80 Å². The van der Waals surface area contributed by atoms with Crippen molar-refractivity contribution in [3.8, 4) is 10.4 Å². The number of nitrogens with zero attached hydrogens (tertiary/aromatic N) is 2. The van der Waals surface area contributed by atoms with Crippen LogP contribution in [-0.2, 0) is 16.1 Å². The number of hydrogen-bond acceptors (Lipinski definition) is 4. The summed E-state index contributed by atoms with van der Waals surface area (Å²) in [5.74, 6) is 0.180. The molecule has 2 aliphatic rings. The van der Waals surface area contributed by atoms with Crippen LogP contribution in [0.3, 0.4) is 0 Å². The summed E-state index contributed by atoms with van der Waals surface area (Å²) in [6.07, 6.45) is 1.89. The van der Waals surface area contributed by atoms with Gasteiger partial charge in [0.15, 0.2) is 0 Å². The number of morpholine rings is 1. The van der Waals surface area contributed by atoms with E-state index in [0.717, 1.165) is 52.2 Å². The fourth-order valence-electron chi connectivity index (χ4n) is 4.03. The van der Waals surface area contributed by atoms with Crippen LogP contribution in [0.4, 0.5) is 0 Å². The predicted octanol–water partition coefficient (Wildman–Crippen LogP) is 3.63. The lowest BCUT2D eigenvalue weighted by molar-refractivity contribution is -0.149. The lowest BCUT2D eigenvalue weighted by Crippen LogP contribution is -2.57. The molecule has 1 aromatic carbocycles. The Bertz CT molecular complexity index is 750. The first kappa shape index (κ1) is 17.7. The predicted molar refractivity (Wildman–Crippen MR) is 105 cm³/mol. The van der Waals surface area contributed by atoms with Crippen LogP contribution in [0.2, 0.25) is 0 Å². The number of piperidine rings is 1. The second-order valence-corrected chi connectivity index (χ2v) is 8.55. The smallest absolute Gasteiger partial charge is 0.219 e. The Morgan fingerprint density at radius 1 is 1.12 bits per heavy atom. The summed E-state index contributed by atoms with van der Waals surface area (Å²) >= 11 is 1.88. The van der Waals surface area contributed by atoms with E-state index >= 15 is 0 Å². The molecule has 2 aliphatic heterocycles. The van der Waals surface area contributed by atoms with Crippen molar-refractivity contribution < 1.29 is 9.53 Å². The fourth-order valence-corrected chi connectivity index (χ4v) is 5.09. The summed E-state index contributed by atoms with van der Waals surface area (Å²) in [6, 6.07) is 15.1. The average molecular weight is 371 g/mol. The van der Waals surface area contributed by atoms with Crippen molar-refractivity contribution in [3.63, 3.8) is 0 Å². The Morgan fingerprint density at radius 2 is 1.88 bits per heavy atom. The first-order chi connectivity index (χ1) is 12.6. The Hall–Kier alpha value is -1.69. The molecule has 4 rings (SSSR count). The zero-order chi connectivity index (χ0) is 18.0. The molecule has 138 valence electrons. The molecule has 2 aromatic rings. The van der Waals surface area contributed by atoms with Crippen LogP contribution in [0.15, 0.2) is 42.5 Å². The summed E-state index contributed by atoms with van der Waals surface area (Å²) in [6.45, 7) is 7.03. The molecule has 5 heteroatoms.